The van der Waals surface area contributed by atoms with Crippen LogP contribution in [0.5, 0.6) is 0 Å². The molecule has 0 N–H and O–H groups in total. The highest BCUT2D eigenvalue weighted by Gasteiger charge is 2.47. The first-order chi connectivity index (χ1) is 11.1. The molecule has 3 amide bonds. The number of aromatic nitrogens is 1. The molecule has 1 atom stereocenters. The second kappa shape index (κ2) is 5.38. The highest BCUT2D eigenvalue weighted by Crippen LogP contribution is 2.29. The van der Waals surface area contributed by atoms with Crippen LogP contribution in [0.4, 0.5) is 4.79 Å². The number of amides is 3. The first-order valence-corrected chi connectivity index (χ1v) is 7.83. The fourth-order valence-corrected chi connectivity index (χ4v) is 3.31. The molecule has 2 fully saturated rings. The molecule has 1 aromatic heterocycles. The zero-order chi connectivity index (χ0) is 16.0. The van der Waals surface area contributed by atoms with Crippen molar-refractivity contribution in [3.63, 3.8) is 0 Å². The van der Waals surface area contributed by atoms with E-state index in [4.69, 9.17) is 16.0 Å². The number of hydrogen-bond acceptors (Lipinski definition) is 4. The van der Waals surface area contributed by atoms with E-state index in [-0.39, 0.29) is 24.5 Å². The van der Waals surface area contributed by atoms with E-state index in [9.17, 15) is 9.59 Å². The van der Waals surface area contributed by atoms with Gasteiger partial charge in [0.2, 0.25) is 5.89 Å². The zero-order valence-corrected chi connectivity index (χ0v) is 13.0. The maximum atomic E-state index is 12.3. The summed E-state index contributed by atoms with van der Waals surface area (Å²) in [6, 6.07) is 6.64. The smallest absolute Gasteiger partial charge is 0.327 e. The molecule has 2 saturated heterocycles. The van der Waals surface area contributed by atoms with Crippen molar-refractivity contribution >= 4 is 23.5 Å². The van der Waals surface area contributed by atoms with E-state index < -0.39 is 0 Å². The number of benzene rings is 1. The second-order valence-corrected chi connectivity index (χ2v) is 6.15. The topological polar surface area (TPSA) is 66.7 Å². The molecule has 23 heavy (non-hydrogen) atoms. The number of hydrogen-bond donors (Lipinski definition) is 0. The molecule has 4 rings (SSSR count). The van der Waals surface area contributed by atoms with Crippen LogP contribution in [0.1, 0.15) is 18.5 Å². The van der Waals surface area contributed by atoms with Crippen LogP contribution >= 0.6 is 11.6 Å². The van der Waals surface area contributed by atoms with Crippen LogP contribution in [0.2, 0.25) is 5.02 Å². The first kappa shape index (κ1) is 14.3. The lowest BCUT2D eigenvalue weighted by molar-refractivity contribution is -0.128. The van der Waals surface area contributed by atoms with Crippen LogP contribution in [0.25, 0.3) is 11.5 Å². The molecule has 1 unspecified atom stereocenters. The van der Waals surface area contributed by atoms with E-state index in [0.717, 1.165) is 18.4 Å². The Labute approximate surface area is 137 Å². The number of oxazole rings is 1. The van der Waals surface area contributed by atoms with Crippen molar-refractivity contribution in [1.82, 2.24) is 14.8 Å². The van der Waals surface area contributed by atoms with E-state index in [0.29, 0.717) is 23.2 Å². The molecule has 2 aliphatic rings. The van der Waals surface area contributed by atoms with Gasteiger partial charge in [0.25, 0.3) is 5.91 Å². The number of fused-ring (bicyclic) bond motifs is 1. The van der Waals surface area contributed by atoms with Gasteiger partial charge in [-0.2, -0.15) is 0 Å². The van der Waals surface area contributed by atoms with Gasteiger partial charge in [-0.05, 0) is 31.0 Å². The summed E-state index contributed by atoms with van der Waals surface area (Å²) in [6.45, 7) is 0.785. The van der Waals surface area contributed by atoms with Gasteiger partial charge in [-0.15, -0.1) is 0 Å². The summed E-state index contributed by atoms with van der Waals surface area (Å²) >= 11 is 5.96. The highest BCUT2D eigenvalue weighted by atomic mass is 35.5. The number of rotatable bonds is 3. The van der Waals surface area contributed by atoms with Gasteiger partial charge in [0, 0.05) is 17.1 Å². The summed E-state index contributed by atoms with van der Waals surface area (Å²) in [5, 5.41) is 0.591. The average molecular weight is 332 g/mol. The van der Waals surface area contributed by atoms with Gasteiger partial charge >= 0.3 is 6.03 Å². The van der Waals surface area contributed by atoms with Crippen molar-refractivity contribution in [2.75, 3.05) is 6.54 Å². The predicted octanol–water partition coefficient (Wildman–Crippen LogP) is 2.92. The standard InChI is InChI=1S/C16H14ClN3O3/c17-11-4-1-3-10(7-11)14-18-12(9-23-14)8-20-15(21)13-5-2-6-19(13)16(20)22/h1,3-4,7,9,13H,2,5-6,8H2. The monoisotopic (exact) mass is 331 g/mol. The third-order valence-electron chi connectivity index (χ3n) is 4.22. The molecule has 1 aromatic carbocycles. The minimum absolute atomic E-state index is 0.134. The predicted molar refractivity (Wildman–Crippen MR) is 82.6 cm³/mol. The lowest BCUT2D eigenvalue weighted by Crippen LogP contribution is -2.32. The van der Waals surface area contributed by atoms with Crippen molar-refractivity contribution in [1.29, 1.82) is 0 Å². The Balaban J connectivity index is 1.54. The van der Waals surface area contributed by atoms with Gasteiger partial charge in [0.05, 0.1) is 12.2 Å². The van der Waals surface area contributed by atoms with Crippen LogP contribution in [-0.4, -0.2) is 39.3 Å². The van der Waals surface area contributed by atoms with Gasteiger partial charge in [-0.1, -0.05) is 17.7 Å². The van der Waals surface area contributed by atoms with E-state index in [1.165, 1.54) is 11.2 Å². The lowest BCUT2D eigenvalue weighted by atomic mass is 10.2. The molecule has 0 saturated carbocycles. The van der Waals surface area contributed by atoms with Gasteiger partial charge < -0.3 is 9.32 Å². The van der Waals surface area contributed by atoms with E-state index >= 15 is 0 Å². The quantitative estimate of drug-likeness (QED) is 0.811. The molecule has 0 bridgehead atoms. The average Bonchev–Trinajstić information content (AvgIpc) is 3.24. The summed E-state index contributed by atoms with van der Waals surface area (Å²) in [4.78, 5) is 31.8. The van der Waals surface area contributed by atoms with Crippen LogP contribution < -0.4 is 0 Å². The van der Waals surface area contributed by atoms with Crippen molar-refractivity contribution in [3.05, 3.63) is 41.2 Å². The number of halogens is 1. The van der Waals surface area contributed by atoms with Crippen molar-refractivity contribution < 1.29 is 14.0 Å². The van der Waals surface area contributed by atoms with Gasteiger partial charge in [0.1, 0.15) is 12.3 Å². The molecule has 7 heteroatoms. The Morgan fingerprint density at radius 1 is 1.35 bits per heavy atom. The molecule has 0 aliphatic carbocycles. The highest BCUT2D eigenvalue weighted by molar-refractivity contribution is 6.30. The van der Waals surface area contributed by atoms with E-state index in [2.05, 4.69) is 4.98 Å². The molecule has 118 valence electrons. The summed E-state index contributed by atoms with van der Waals surface area (Å²) in [5.74, 6) is 0.280. The molecular weight excluding hydrogens is 318 g/mol. The number of nitrogens with zero attached hydrogens (tertiary/aromatic N) is 3. The Morgan fingerprint density at radius 2 is 2.22 bits per heavy atom. The summed E-state index contributed by atoms with van der Waals surface area (Å²) < 4.78 is 5.45. The van der Waals surface area contributed by atoms with Crippen LogP contribution in [-0.2, 0) is 11.3 Å². The Bertz CT molecular complexity index is 766. The van der Waals surface area contributed by atoms with Crippen molar-refractivity contribution in [3.8, 4) is 11.5 Å². The molecule has 0 radical (unpaired) electrons. The van der Waals surface area contributed by atoms with Gasteiger partial charge in [-0.25, -0.2) is 9.78 Å². The molecular formula is C16H14ClN3O3. The van der Waals surface area contributed by atoms with Crippen LogP contribution in [0, 0.1) is 0 Å². The SMILES string of the molecule is O=C1C2CCCN2C(=O)N1Cc1coc(-c2cccc(Cl)c2)n1. The molecule has 2 aromatic rings. The maximum absolute atomic E-state index is 12.3. The maximum Gasteiger partial charge on any atom is 0.327 e. The summed E-state index contributed by atoms with van der Waals surface area (Å²) in [6.07, 6.45) is 3.10. The van der Waals surface area contributed by atoms with Crippen molar-refractivity contribution in [2.24, 2.45) is 0 Å². The second-order valence-electron chi connectivity index (χ2n) is 5.71. The minimum Gasteiger partial charge on any atom is -0.444 e. The van der Waals surface area contributed by atoms with Crippen molar-refractivity contribution in [2.45, 2.75) is 25.4 Å². The number of urea groups is 1. The minimum atomic E-state index is -0.290. The van der Waals surface area contributed by atoms with E-state index in [1.54, 1.807) is 17.0 Å². The fourth-order valence-electron chi connectivity index (χ4n) is 3.12. The first-order valence-electron chi connectivity index (χ1n) is 7.46. The Morgan fingerprint density at radius 3 is 3.00 bits per heavy atom. The molecule has 3 heterocycles. The Hall–Kier alpha value is -2.34. The number of carbonyl (C=O) groups is 2. The number of carbonyl (C=O) groups excluding carboxylic acids is 2. The third-order valence-corrected chi connectivity index (χ3v) is 4.46. The molecule has 6 nitrogen and oxygen atoms in total. The summed E-state index contributed by atoms with van der Waals surface area (Å²) in [7, 11) is 0. The molecule has 2 aliphatic heterocycles. The third kappa shape index (κ3) is 2.39. The lowest BCUT2D eigenvalue weighted by Gasteiger charge is -2.13. The van der Waals surface area contributed by atoms with Crippen LogP contribution in [0.3, 0.4) is 0 Å². The molecule has 0 spiro atoms. The number of imide groups is 1. The summed E-state index contributed by atoms with van der Waals surface area (Å²) in [5.41, 5.74) is 1.30. The fraction of sp³-hybridized carbons (Fsp3) is 0.312. The van der Waals surface area contributed by atoms with Gasteiger partial charge in [0.15, 0.2) is 0 Å². The normalized spacial score (nSPS) is 20.5. The zero-order valence-electron chi connectivity index (χ0n) is 12.2. The Kier molecular flexibility index (Phi) is 3.34. The van der Waals surface area contributed by atoms with Crippen LogP contribution in [0.15, 0.2) is 34.9 Å². The van der Waals surface area contributed by atoms with Gasteiger partial charge in [-0.3, -0.25) is 9.69 Å². The largest absolute Gasteiger partial charge is 0.444 e. The van der Waals surface area contributed by atoms with E-state index in [1.807, 2.05) is 12.1 Å².